The average molecular weight is 165 g/mol. The summed E-state index contributed by atoms with van der Waals surface area (Å²) in [6.45, 7) is 1.67. The number of nitrogens with zero attached hydrogens (tertiary/aromatic N) is 2. The lowest BCUT2D eigenvalue weighted by Crippen LogP contribution is -2.10. The van der Waals surface area contributed by atoms with Gasteiger partial charge in [-0.1, -0.05) is 0 Å². The van der Waals surface area contributed by atoms with Gasteiger partial charge in [-0.15, -0.1) is 12.4 Å². The second-order valence-electron chi connectivity index (χ2n) is 1.89. The monoisotopic (exact) mass is 164 g/mol. The fourth-order valence-electron chi connectivity index (χ4n) is 0.549. The molecule has 60 valence electrons. The smallest absolute Gasteiger partial charge is 0.305 e. The zero-order valence-corrected chi connectivity index (χ0v) is 7.32. The Morgan fingerprint density at radius 1 is 1.60 bits per heavy atom. The molecule has 0 fully saturated rings. The predicted molar refractivity (Wildman–Crippen MR) is 45.3 cm³/mol. The minimum atomic E-state index is 0. The molecule has 0 aliphatic heterocycles. The molecular weight excluding hydrogens is 150 g/mol. The summed E-state index contributed by atoms with van der Waals surface area (Å²) < 4.78 is 1.90. The van der Waals surface area contributed by atoms with Crippen LogP contribution in [0.25, 0.3) is 0 Å². The van der Waals surface area contributed by atoms with Gasteiger partial charge in [0.25, 0.3) is 0 Å². The Bertz CT molecular complexity index is 127. The third-order valence-corrected chi connectivity index (χ3v) is 0.968. The number of halogens is 1. The van der Waals surface area contributed by atoms with Crippen molar-refractivity contribution in [3.05, 3.63) is 0 Å². The molecule has 0 unspecified atom stereocenters. The van der Waals surface area contributed by atoms with Crippen molar-refractivity contribution in [1.29, 1.82) is 0 Å². The van der Waals surface area contributed by atoms with Gasteiger partial charge >= 0.3 is 6.01 Å². The first-order chi connectivity index (χ1) is 4.31. The van der Waals surface area contributed by atoms with Crippen LogP contribution in [0.5, 0.6) is 0 Å². The molecular formula is C6H15ClN3+. The largest absolute Gasteiger partial charge is 0.330 e. The molecule has 0 saturated heterocycles. The molecule has 0 aliphatic carbocycles. The standard InChI is InChI=1S/C6H14N3.ClH/c1-8-6-9(2)5-3-4-7;/h3-5,7H2,1-2H3;1H/q+1;. The van der Waals surface area contributed by atoms with E-state index in [0.29, 0.717) is 0 Å². The van der Waals surface area contributed by atoms with E-state index in [1.807, 2.05) is 11.6 Å². The van der Waals surface area contributed by atoms with Crippen LogP contribution in [0.4, 0.5) is 0 Å². The third kappa shape index (κ3) is 7.63. The van der Waals surface area contributed by atoms with Crippen LogP contribution in [0.2, 0.25) is 0 Å². The van der Waals surface area contributed by atoms with Gasteiger partial charge in [-0.25, -0.2) is 4.58 Å². The molecule has 0 spiro atoms. The molecule has 2 N–H and O–H groups in total. The molecule has 0 heterocycles. The molecule has 4 heteroatoms. The van der Waals surface area contributed by atoms with E-state index in [2.05, 4.69) is 11.0 Å². The van der Waals surface area contributed by atoms with Crippen molar-refractivity contribution >= 4 is 18.4 Å². The summed E-state index contributed by atoms with van der Waals surface area (Å²) in [5.41, 5.74) is 5.29. The van der Waals surface area contributed by atoms with Crippen LogP contribution in [0.3, 0.4) is 0 Å². The maximum absolute atomic E-state index is 5.29. The number of nitrogens with two attached hydrogens (primary N) is 1. The molecule has 0 atom stereocenters. The van der Waals surface area contributed by atoms with Crippen molar-refractivity contribution in [3.63, 3.8) is 0 Å². The number of hydrogen-bond acceptors (Lipinski definition) is 2. The van der Waals surface area contributed by atoms with Gasteiger partial charge in [0.15, 0.2) is 0 Å². The van der Waals surface area contributed by atoms with Gasteiger partial charge in [0.05, 0.1) is 13.6 Å². The maximum atomic E-state index is 5.29. The Morgan fingerprint density at radius 3 is 2.60 bits per heavy atom. The molecule has 0 radical (unpaired) electrons. The fourth-order valence-corrected chi connectivity index (χ4v) is 0.549. The Balaban J connectivity index is 0. The first kappa shape index (κ1) is 12.3. The molecule has 0 rings (SSSR count). The van der Waals surface area contributed by atoms with Crippen LogP contribution in [0.1, 0.15) is 6.42 Å². The fraction of sp³-hybridized carbons (Fsp3) is 0.833. The summed E-state index contributed by atoms with van der Waals surface area (Å²) in [5.74, 6) is 0. The number of rotatable bonds is 3. The minimum Gasteiger partial charge on any atom is -0.330 e. The molecule has 0 aromatic rings. The van der Waals surface area contributed by atoms with E-state index in [0.717, 1.165) is 19.5 Å². The SMILES string of the molecule is CN=C=[N+](C)CCCN.Cl. The van der Waals surface area contributed by atoms with Crippen molar-refractivity contribution in [2.24, 2.45) is 10.7 Å². The Kier molecular flexibility index (Phi) is 10.6. The second kappa shape index (κ2) is 8.63. The molecule has 0 amide bonds. The summed E-state index contributed by atoms with van der Waals surface area (Å²) in [6, 6.07) is 2.78. The van der Waals surface area contributed by atoms with Gasteiger partial charge in [-0.3, -0.25) is 0 Å². The van der Waals surface area contributed by atoms with E-state index in [9.17, 15) is 0 Å². The van der Waals surface area contributed by atoms with Gasteiger partial charge in [0.1, 0.15) is 7.05 Å². The predicted octanol–water partition coefficient (Wildman–Crippen LogP) is 0.203. The molecule has 0 saturated carbocycles. The molecule has 10 heavy (non-hydrogen) atoms. The average Bonchev–Trinajstić information content (AvgIpc) is 1.85. The lowest BCUT2D eigenvalue weighted by Gasteiger charge is -1.90. The van der Waals surface area contributed by atoms with Crippen LogP contribution >= 0.6 is 12.4 Å². The lowest BCUT2D eigenvalue weighted by molar-refractivity contribution is -0.491. The van der Waals surface area contributed by atoms with E-state index >= 15 is 0 Å². The lowest BCUT2D eigenvalue weighted by atomic mass is 10.4. The summed E-state index contributed by atoms with van der Waals surface area (Å²) in [5, 5.41) is 0. The zero-order chi connectivity index (χ0) is 7.11. The van der Waals surface area contributed by atoms with Gasteiger partial charge in [0, 0.05) is 0 Å². The van der Waals surface area contributed by atoms with E-state index < -0.39 is 0 Å². The Hall–Kier alpha value is -0.370. The van der Waals surface area contributed by atoms with Crippen molar-refractivity contribution in [1.82, 2.24) is 0 Å². The minimum absolute atomic E-state index is 0. The highest BCUT2D eigenvalue weighted by Gasteiger charge is 1.87. The normalized spacial score (nSPS) is 7.50. The van der Waals surface area contributed by atoms with Crippen LogP contribution < -0.4 is 5.73 Å². The van der Waals surface area contributed by atoms with Gasteiger partial charge < -0.3 is 5.73 Å². The molecule has 0 aromatic carbocycles. The second-order valence-corrected chi connectivity index (χ2v) is 1.89. The molecule has 0 aliphatic rings. The van der Waals surface area contributed by atoms with Crippen LogP contribution in [0, 0.1) is 0 Å². The van der Waals surface area contributed by atoms with Crippen molar-refractivity contribution in [3.8, 4) is 0 Å². The quantitative estimate of drug-likeness (QED) is 0.470. The number of hydrogen-bond donors (Lipinski definition) is 1. The van der Waals surface area contributed by atoms with Gasteiger partial charge in [0.2, 0.25) is 0 Å². The van der Waals surface area contributed by atoms with Crippen molar-refractivity contribution < 1.29 is 4.58 Å². The topological polar surface area (TPSA) is 41.4 Å². The first-order valence-corrected chi connectivity index (χ1v) is 3.07. The first-order valence-electron chi connectivity index (χ1n) is 3.07. The highest BCUT2D eigenvalue weighted by atomic mass is 35.5. The third-order valence-electron chi connectivity index (χ3n) is 0.968. The highest BCUT2D eigenvalue weighted by Crippen LogP contribution is 1.72. The van der Waals surface area contributed by atoms with E-state index in [1.54, 1.807) is 7.05 Å². The summed E-state index contributed by atoms with van der Waals surface area (Å²) >= 11 is 0. The van der Waals surface area contributed by atoms with Gasteiger partial charge in [-0.05, 0) is 18.0 Å². The summed E-state index contributed by atoms with van der Waals surface area (Å²) in [4.78, 5) is 3.72. The van der Waals surface area contributed by atoms with Crippen LogP contribution in [-0.4, -0.2) is 37.8 Å². The summed E-state index contributed by atoms with van der Waals surface area (Å²) in [6.07, 6.45) is 0.999. The number of aliphatic imine (C=N–C) groups is 1. The molecule has 3 nitrogen and oxygen atoms in total. The Morgan fingerprint density at radius 2 is 2.20 bits per heavy atom. The van der Waals surface area contributed by atoms with Gasteiger partial charge in [-0.2, -0.15) is 0 Å². The van der Waals surface area contributed by atoms with E-state index in [1.165, 1.54) is 0 Å². The van der Waals surface area contributed by atoms with E-state index in [-0.39, 0.29) is 12.4 Å². The van der Waals surface area contributed by atoms with Crippen molar-refractivity contribution in [2.45, 2.75) is 6.42 Å². The van der Waals surface area contributed by atoms with E-state index in [4.69, 9.17) is 5.73 Å². The van der Waals surface area contributed by atoms with Crippen LogP contribution in [0.15, 0.2) is 4.99 Å². The molecule has 0 aromatic heterocycles. The Labute approximate surface area is 68.1 Å². The maximum Gasteiger partial charge on any atom is 0.305 e. The van der Waals surface area contributed by atoms with Crippen LogP contribution in [-0.2, 0) is 0 Å². The zero-order valence-electron chi connectivity index (χ0n) is 6.50. The summed E-state index contributed by atoms with van der Waals surface area (Å²) in [7, 11) is 3.64. The van der Waals surface area contributed by atoms with Crippen molar-refractivity contribution in [2.75, 3.05) is 27.2 Å². The highest BCUT2D eigenvalue weighted by molar-refractivity contribution is 5.85. The molecule has 0 bridgehead atoms.